The average Bonchev–Trinajstić information content (AvgIpc) is 2.45. The highest BCUT2D eigenvalue weighted by Crippen LogP contribution is 2.35. The smallest absolute Gasteiger partial charge is 0.144 e. The van der Waals surface area contributed by atoms with Crippen LogP contribution in [0.1, 0.15) is 6.92 Å². The van der Waals surface area contributed by atoms with Gasteiger partial charge in [0.2, 0.25) is 0 Å². The summed E-state index contributed by atoms with van der Waals surface area (Å²) >= 11 is 3.50. The molecule has 0 radical (unpaired) electrons. The van der Waals surface area contributed by atoms with Crippen LogP contribution in [0.4, 0.5) is 17.1 Å². The molecule has 20 heavy (non-hydrogen) atoms. The predicted octanol–water partition coefficient (Wildman–Crippen LogP) is 4.18. The van der Waals surface area contributed by atoms with Crippen LogP contribution in [0.2, 0.25) is 0 Å². The van der Waals surface area contributed by atoms with E-state index in [-0.39, 0.29) is 0 Å². The third kappa shape index (κ3) is 3.17. The molecule has 2 aromatic carbocycles. The van der Waals surface area contributed by atoms with Crippen molar-refractivity contribution < 1.29 is 9.47 Å². The zero-order valence-electron chi connectivity index (χ0n) is 11.4. The lowest BCUT2D eigenvalue weighted by Gasteiger charge is -2.14. The molecule has 0 unspecified atom stereocenters. The van der Waals surface area contributed by atoms with Gasteiger partial charge in [0, 0.05) is 10.5 Å². The minimum absolute atomic E-state index is 0.580. The molecule has 0 aliphatic heterocycles. The molecule has 0 heterocycles. The van der Waals surface area contributed by atoms with Crippen LogP contribution in [0.25, 0.3) is 0 Å². The van der Waals surface area contributed by atoms with E-state index in [0.29, 0.717) is 18.0 Å². The number of benzene rings is 2. The summed E-state index contributed by atoms with van der Waals surface area (Å²) in [5.74, 6) is 1.45. The van der Waals surface area contributed by atoms with Crippen molar-refractivity contribution >= 4 is 33.0 Å². The Bertz CT molecular complexity index is 602. The Kier molecular flexibility index (Phi) is 4.74. The quantitative estimate of drug-likeness (QED) is 0.804. The maximum absolute atomic E-state index is 6.10. The molecular weight excluding hydrogens is 320 g/mol. The Morgan fingerprint density at radius 3 is 2.70 bits per heavy atom. The first kappa shape index (κ1) is 14.5. The molecule has 0 aliphatic rings. The van der Waals surface area contributed by atoms with Crippen LogP contribution >= 0.6 is 15.9 Å². The van der Waals surface area contributed by atoms with Crippen molar-refractivity contribution in [1.29, 1.82) is 0 Å². The first-order valence-electron chi connectivity index (χ1n) is 6.27. The van der Waals surface area contributed by atoms with Gasteiger partial charge in [0.15, 0.2) is 0 Å². The van der Waals surface area contributed by atoms with Crippen molar-refractivity contribution in [3.05, 3.63) is 40.9 Å². The van der Waals surface area contributed by atoms with E-state index in [1.807, 2.05) is 43.3 Å². The molecule has 0 bridgehead atoms. The molecule has 2 aromatic rings. The number of nitrogens with one attached hydrogen (secondary N) is 1. The molecule has 0 saturated carbocycles. The number of nitrogen functional groups attached to an aromatic ring is 1. The Morgan fingerprint density at radius 2 is 2.00 bits per heavy atom. The van der Waals surface area contributed by atoms with Gasteiger partial charge < -0.3 is 20.5 Å². The highest BCUT2D eigenvalue weighted by molar-refractivity contribution is 9.10. The van der Waals surface area contributed by atoms with E-state index < -0.39 is 0 Å². The van der Waals surface area contributed by atoms with Crippen molar-refractivity contribution in [2.75, 3.05) is 24.8 Å². The predicted molar refractivity (Wildman–Crippen MR) is 86.0 cm³/mol. The van der Waals surface area contributed by atoms with Gasteiger partial charge in [-0.05, 0) is 47.1 Å². The van der Waals surface area contributed by atoms with Gasteiger partial charge in [0.1, 0.15) is 11.5 Å². The van der Waals surface area contributed by atoms with Crippen molar-refractivity contribution in [2.45, 2.75) is 6.92 Å². The van der Waals surface area contributed by atoms with Crippen molar-refractivity contribution in [3.8, 4) is 11.5 Å². The molecule has 0 amide bonds. The second-order valence-electron chi connectivity index (χ2n) is 4.12. The summed E-state index contributed by atoms with van der Waals surface area (Å²) in [5, 5.41) is 3.28. The van der Waals surface area contributed by atoms with Gasteiger partial charge >= 0.3 is 0 Å². The third-order valence-electron chi connectivity index (χ3n) is 2.81. The van der Waals surface area contributed by atoms with Crippen LogP contribution in [0, 0.1) is 0 Å². The molecule has 106 valence electrons. The number of halogens is 1. The first-order valence-corrected chi connectivity index (χ1v) is 7.06. The van der Waals surface area contributed by atoms with E-state index in [2.05, 4.69) is 21.2 Å². The zero-order valence-corrected chi connectivity index (χ0v) is 13.0. The van der Waals surface area contributed by atoms with E-state index in [1.165, 1.54) is 0 Å². The van der Waals surface area contributed by atoms with Crippen molar-refractivity contribution in [3.63, 3.8) is 0 Å². The summed E-state index contributed by atoms with van der Waals surface area (Å²) in [4.78, 5) is 0. The lowest BCUT2D eigenvalue weighted by atomic mass is 10.2. The minimum atomic E-state index is 0.580. The molecule has 0 spiro atoms. The van der Waals surface area contributed by atoms with Gasteiger partial charge in [0.05, 0.1) is 30.8 Å². The van der Waals surface area contributed by atoms with Gasteiger partial charge in [-0.2, -0.15) is 0 Å². The Labute approximate surface area is 127 Å². The van der Waals surface area contributed by atoms with Crippen LogP contribution in [0.5, 0.6) is 11.5 Å². The largest absolute Gasteiger partial charge is 0.497 e. The van der Waals surface area contributed by atoms with Crippen molar-refractivity contribution in [2.24, 2.45) is 0 Å². The van der Waals surface area contributed by atoms with Crippen LogP contribution in [0.15, 0.2) is 40.9 Å². The standard InChI is InChI=1S/C15H17BrN2O2/c1-3-20-14-6-4-5-12(15(14)17)18-13-9-10(19-2)7-8-11(13)16/h4-9,18H,3,17H2,1-2H3. The van der Waals surface area contributed by atoms with Crippen LogP contribution in [-0.4, -0.2) is 13.7 Å². The number of nitrogens with two attached hydrogens (primary N) is 1. The van der Waals surface area contributed by atoms with Gasteiger partial charge in [-0.15, -0.1) is 0 Å². The lowest BCUT2D eigenvalue weighted by Crippen LogP contribution is -2.01. The van der Waals surface area contributed by atoms with Gasteiger partial charge in [-0.25, -0.2) is 0 Å². The maximum atomic E-state index is 6.10. The second kappa shape index (κ2) is 6.52. The van der Waals surface area contributed by atoms with E-state index in [0.717, 1.165) is 21.6 Å². The highest BCUT2D eigenvalue weighted by atomic mass is 79.9. The monoisotopic (exact) mass is 336 g/mol. The number of hydrogen-bond acceptors (Lipinski definition) is 4. The summed E-state index contributed by atoms with van der Waals surface area (Å²) in [6, 6.07) is 11.4. The average molecular weight is 337 g/mol. The molecule has 2 rings (SSSR count). The fraction of sp³-hybridized carbons (Fsp3) is 0.200. The number of methoxy groups -OCH3 is 1. The number of ether oxygens (including phenoxy) is 2. The molecule has 0 atom stereocenters. The first-order chi connectivity index (χ1) is 9.65. The Hall–Kier alpha value is -1.88. The van der Waals surface area contributed by atoms with Gasteiger partial charge in [-0.3, -0.25) is 0 Å². The normalized spacial score (nSPS) is 10.2. The molecule has 0 fully saturated rings. The van der Waals surface area contributed by atoms with E-state index in [4.69, 9.17) is 15.2 Å². The Balaban J connectivity index is 2.32. The number of para-hydroxylation sites is 1. The lowest BCUT2D eigenvalue weighted by molar-refractivity contribution is 0.342. The summed E-state index contributed by atoms with van der Waals surface area (Å²) in [5.41, 5.74) is 8.37. The number of rotatable bonds is 5. The maximum Gasteiger partial charge on any atom is 0.144 e. The fourth-order valence-electron chi connectivity index (χ4n) is 1.81. The fourth-order valence-corrected chi connectivity index (χ4v) is 2.15. The molecule has 4 nitrogen and oxygen atoms in total. The highest BCUT2D eigenvalue weighted by Gasteiger charge is 2.08. The molecule has 3 N–H and O–H groups in total. The van der Waals surface area contributed by atoms with Crippen molar-refractivity contribution in [1.82, 2.24) is 0 Å². The molecule has 5 heteroatoms. The van der Waals surface area contributed by atoms with E-state index in [1.54, 1.807) is 7.11 Å². The molecule has 0 aliphatic carbocycles. The number of anilines is 3. The van der Waals surface area contributed by atoms with Gasteiger partial charge in [-0.1, -0.05) is 6.07 Å². The third-order valence-corrected chi connectivity index (χ3v) is 3.50. The minimum Gasteiger partial charge on any atom is -0.497 e. The molecule has 0 saturated heterocycles. The Morgan fingerprint density at radius 1 is 1.20 bits per heavy atom. The number of hydrogen-bond donors (Lipinski definition) is 2. The molecule has 0 aromatic heterocycles. The van der Waals surface area contributed by atoms with Crippen LogP contribution in [-0.2, 0) is 0 Å². The van der Waals surface area contributed by atoms with E-state index in [9.17, 15) is 0 Å². The SMILES string of the molecule is CCOc1cccc(Nc2cc(OC)ccc2Br)c1N. The van der Waals surface area contributed by atoms with Crippen LogP contribution in [0.3, 0.4) is 0 Å². The molecular formula is C15H17BrN2O2. The zero-order chi connectivity index (χ0) is 14.5. The van der Waals surface area contributed by atoms with E-state index >= 15 is 0 Å². The van der Waals surface area contributed by atoms with Crippen LogP contribution < -0.4 is 20.5 Å². The summed E-state index contributed by atoms with van der Waals surface area (Å²) in [6.07, 6.45) is 0. The summed E-state index contributed by atoms with van der Waals surface area (Å²) < 4.78 is 11.6. The summed E-state index contributed by atoms with van der Waals surface area (Å²) in [7, 11) is 1.64. The second-order valence-corrected chi connectivity index (χ2v) is 4.98. The van der Waals surface area contributed by atoms with Gasteiger partial charge in [0.25, 0.3) is 0 Å². The topological polar surface area (TPSA) is 56.5 Å². The summed E-state index contributed by atoms with van der Waals surface area (Å²) in [6.45, 7) is 2.51.